The molecule has 1 aliphatic rings. The molecule has 0 unspecified atom stereocenters. The van der Waals surface area contributed by atoms with Gasteiger partial charge in [0.1, 0.15) is 5.82 Å². The number of rotatable bonds is 4. The van der Waals surface area contributed by atoms with Crippen molar-refractivity contribution in [2.75, 3.05) is 0 Å². The van der Waals surface area contributed by atoms with Crippen molar-refractivity contribution in [1.82, 2.24) is 5.32 Å². The molecule has 2 amide bonds. The van der Waals surface area contributed by atoms with E-state index in [1.807, 2.05) is 5.32 Å². The predicted octanol–water partition coefficient (Wildman–Crippen LogP) is 2.69. The van der Waals surface area contributed by atoms with Crippen molar-refractivity contribution in [3.05, 3.63) is 80.6 Å². The van der Waals surface area contributed by atoms with Gasteiger partial charge in [-0.1, -0.05) is 41.9 Å². The van der Waals surface area contributed by atoms with Crippen LogP contribution >= 0.6 is 11.6 Å². The molecule has 0 spiro atoms. The number of carbonyl (C=O) groups excluding carboxylic acids is 2. The summed E-state index contributed by atoms with van der Waals surface area (Å²) in [5.41, 5.74) is -2.27. The Labute approximate surface area is 157 Å². The fourth-order valence-corrected chi connectivity index (χ4v) is 3.43. The average molecular weight is 388 g/mol. The number of nitrogens with one attached hydrogen (secondary N) is 1. The molecule has 0 bridgehead atoms. The number of nitrogens with zero attached hydrogens (tertiary/aromatic N) is 2. The molecule has 0 heterocycles. The molecule has 0 aromatic heterocycles. The first-order valence-electron chi connectivity index (χ1n) is 7.74. The molecule has 2 aromatic carbocycles. The Bertz CT molecular complexity index is 1010. The summed E-state index contributed by atoms with van der Waals surface area (Å²) in [5, 5.41) is 23.1. The molecule has 9 heteroatoms. The summed E-state index contributed by atoms with van der Waals surface area (Å²) in [7, 11) is 0. The molecule has 0 aliphatic heterocycles. The smallest absolute Gasteiger partial charge is 0.260 e. The van der Waals surface area contributed by atoms with Gasteiger partial charge >= 0.3 is 0 Å². The molecule has 1 fully saturated rings. The van der Waals surface area contributed by atoms with Crippen molar-refractivity contribution in [2.24, 2.45) is 5.41 Å². The fourth-order valence-electron chi connectivity index (χ4n) is 3.18. The second-order valence-corrected chi connectivity index (χ2v) is 6.38. The number of halogens is 2. The molecule has 7 nitrogen and oxygen atoms in total. The molecule has 3 rings (SSSR count). The minimum Gasteiger partial charge on any atom is -0.291 e. The minimum absolute atomic E-state index is 0.166. The molecule has 3 atom stereocenters. The van der Waals surface area contributed by atoms with E-state index in [2.05, 4.69) is 0 Å². The third-order valence-electron chi connectivity index (χ3n) is 4.54. The number of hydrogen-bond acceptors (Lipinski definition) is 5. The Morgan fingerprint density at radius 2 is 1.85 bits per heavy atom. The van der Waals surface area contributed by atoms with E-state index in [0.29, 0.717) is 0 Å². The molecule has 0 radical (unpaired) electrons. The van der Waals surface area contributed by atoms with Gasteiger partial charge in [0.25, 0.3) is 17.9 Å². The summed E-state index contributed by atoms with van der Waals surface area (Å²) < 4.78 is 13.7. The maximum absolute atomic E-state index is 13.7. The van der Waals surface area contributed by atoms with E-state index in [1.54, 1.807) is 18.2 Å². The van der Waals surface area contributed by atoms with Crippen LogP contribution in [-0.2, 0) is 4.79 Å². The average Bonchev–Trinajstić information content (AvgIpc) is 3.33. The molecule has 2 aromatic rings. The highest BCUT2D eigenvalue weighted by molar-refractivity contribution is 6.31. The second-order valence-electron chi connectivity index (χ2n) is 5.97. The van der Waals surface area contributed by atoms with Crippen LogP contribution in [0.1, 0.15) is 21.8 Å². The molecule has 1 N–H and O–H groups in total. The maximum Gasteiger partial charge on any atom is 0.260 e. The number of benzene rings is 2. The van der Waals surface area contributed by atoms with Crippen molar-refractivity contribution >= 4 is 23.4 Å². The van der Waals surface area contributed by atoms with Gasteiger partial charge in [0.05, 0.1) is 17.6 Å². The van der Waals surface area contributed by atoms with Crippen LogP contribution in [-0.4, -0.2) is 22.8 Å². The van der Waals surface area contributed by atoms with Crippen LogP contribution in [0.2, 0.25) is 5.02 Å². The number of hydrogen-bond donors (Lipinski definition) is 1. The van der Waals surface area contributed by atoms with Crippen molar-refractivity contribution in [3.8, 4) is 6.07 Å². The number of imide groups is 1. The molecule has 0 saturated heterocycles. The first-order valence-corrected chi connectivity index (χ1v) is 8.12. The molecule has 27 heavy (non-hydrogen) atoms. The lowest BCUT2D eigenvalue weighted by Gasteiger charge is -2.09. The largest absolute Gasteiger partial charge is 0.291 e. The monoisotopic (exact) mass is 387 g/mol. The van der Waals surface area contributed by atoms with Gasteiger partial charge in [0.2, 0.25) is 5.41 Å². The van der Waals surface area contributed by atoms with Crippen LogP contribution in [0.3, 0.4) is 0 Å². The molecule has 136 valence electrons. The SMILES string of the molecule is N#C[C@@]1(C(=O)NC(=O)c2ccccc2F)[C@@H]([N+](=O)[O-])[C@@H]1c1ccccc1Cl. The van der Waals surface area contributed by atoms with Gasteiger partial charge in [-0.05, 0) is 23.8 Å². The summed E-state index contributed by atoms with van der Waals surface area (Å²) in [4.78, 5) is 35.5. The highest BCUT2D eigenvalue weighted by Gasteiger charge is 2.80. The van der Waals surface area contributed by atoms with Crippen LogP contribution in [0.15, 0.2) is 48.5 Å². The summed E-state index contributed by atoms with van der Waals surface area (Å²) in [6, 6.07) is 11.2. The van der Waals surface area contributed by atoms with E-state index in [9.17, 15) is 29.4 Å². The number of nitriles is 1. The van der Waals surface area contributed by atoms with E-state index in [1.165, 1.54) is 24.3 Å². The van der Waals surface area contributed by atoms with Gasteiger partial charge in [-0.3, -0.25) is 25.0 Å². The lowest BCUT2D eigenvalue weighted by molar-refractivity contribution is -0.500. The normalized spacial score (nSPS) is 23.1. The Morgan fingerprint density at radius 1 is 1.22 bits per heavy atom. The first kappa shape index (κ1) is 18.5. The number of amides is 2. The van der Waals surface area contributed by atoms with Gasteiger partial charge in [0, 0.05) is 9.95 Å². The van der Waals surface area contributed by atoms with Crippen LogP contribution in [0.4, 0.5) is 4.39 Å². The quantitative estimate of drug-likeness (QED) is 0.492. The van der Waals surface area contributed by atoms with Crippen LogP contribution in [0, 0.1) is 32.7 Å². The lowest BCUT2D eigenvalue weighted by atomic mass is 9.99. The zero-order chi connectivity index (χ0) is 19.8. The molecule has 1 aliphatic carbocycles. The summed E-state index contributed by atoms with van der Waals surface area (Å²) in [6.07, 6.45) is 0. The van der Waals surface area contributed by atoms with E-state index >= 15 is 0 Å². The third-order valence-corrected chi connectivity index (χ3v) is 4.88. The fraction of sp³-hybridized carbons (Fsp3) is 0.167. The molecule has 1 saturated carbocycles. The zero-order valence-electron chi connectivity index (χ0n) is 13.6. The Morgan fingerprint density at radius 3 is 2.44 bits per heavy atom. The van der Waals surface area contributed by atoms with Crippen molar-refractivity contribution in [2.45, 2.75) is 12.0 Å². The number of carbonyl (C=O) groups is 2. The highest BCUT2D eigenvalue weighted by Crippen LogP contribution is 2.61. The van der Waals surface area contributed by atoms with Gasteiger partial charge in [-0.25, -0.2) is 4.39 Å². The third kappa shape index (κ3) is 2.92. The highest BCUT2D eigenvalue weighted by atomic mass is 35.5. The molecular weight excluding hydrogens is 377 g/mol. The van der Waals surface area contributed by atoms with Crippen molar-refractivity contribution < 1.29 is 18.9 Å². The van der Waals surface area contributed by atoms with E-state index < -0.39 is 45.5 Å². The topological polar surface area (TPSA) is 113 Å². The second kappa shape index (κ2) is 6.78. The van der Waals surface area contributed by atoms with Crippen LogP contribution in [0.5, 0.6) is 0 Å². The van der Waals surface area contributed by atoms with E-state index in [4.69, 9.17) is 11.6 Å². The summed E-state index contributed by atoms with van der Waals surface area (Å²) in [6.45, 7) is 0. The first-order chi connectivity index (χ1) is 12.8. The van der Waals surface area contributed by atoms with E-state index in [0.717, 1.165) is 12.1 Å². The minimum atomic E-state index is -2.12. The maximum atomic E-state index is 13.7. The van der Waals surface area contributed by atoms with E-state index in [-0.39, 0.29) is 10.6 Å². The summed E-state index contributed by atoms with van der Waals surface area (Å²) in [5.74, 6) is -4.23. The Kier molecular flexibility index (Phi) is 4.64. The van der Waals surface area contributed by atoms with Crippen molar-refractivity contribution in [1.29, 1.82) is 5.26 Å². The van der Waals surface area contributed by atoms with Gasteiger partial charge < -0.3 is 0 Å². The Hall–Kier alpha value is -3.31. The van der Waals surface area contributed by atoms with Gasteiger partial charge in [-0.15, -0.1) is 0 Å². The van der Waals surface area contributed by atoms with Crippen LogP contribution in [0.25, 0.3) is 0 Å². The summed E-state index contributed by atoms with van der Waals surface area (Å²) >= 11 is 6.06. The molecular formula is C18H11ClFN3O4. The number of nitro groups is 1. The van der Waals surface area contributed by atoms with Gasteiger partial charge in [0.15, 0.2) is 0 Å². The lowest BCUT2D eigenvalue weighted by Crippen LogP contribution is -2.39. The standard InChI is InChI=1S/C18H11ClFN3O4/c19-12-7-3-1-5-10(12)14-15(23(26)27)18(14,9-21)17(25)22-16(24)11-6-2-4-8-13(11)20/h1-8,14-15H,(H,22,24,25)/t14-,15-,18-/m0/s1. The zero-order valence-corrected chi connectivity index (χ0v) is 14.3. The Balaban J connectivity index is 1.94. The van der Waals surface area contributed by atoms with Gasteiger partial charge in [-0.2, -0.15) is 5.26 Å². The van der Waals surface area contributed by atoms with Crippen LogP contribution < -0.4 is 5.32 Å². The predicted molar refractivity (Wildman–Crippen MR) is 91.9 cm³/mol. The van der Waals surface area contributed by atoms with Crippen molar-refractivity contribution in [3.63, 3.8) is 0 Å².